The molecule has 1 aromatic heterocycles. The molecule has 0 spiro atoms. The first-order valence-corrected chi connectivity index (χ1v) is 6.45. The SMILES string of the molecule is CNc1nc(Cl)nc(N(C)CC2CCOCC2)n1. The van der Waals surface area contributed by atoms with Crippen LogP contribution >= 0.6 is 11.6 Å². The van der Waals surface area contributed by atoms with Crippen LogP contribution in [0, 0.1) is 5.92 Å². The number of hydrogen-bond acceptors (Lipinski definition) is 6. The highest BCUT2D eigenvalue weighted by atomic mass is 35.5. The average Bonchev–Trinajstić information content (AvgIpc) is 2.39. The van der Waals surface area contributed by atoms with Crippen molar-refractivity contribution in [1.29, 1.82) is 0 Å². The number of aromatic nitrogens is 3. The molecule has 0 bridgehead atoms. The molecule has 6 nitrogen and oxygen atoms in total. The van der Waals surface area contributed by atoms with Crippen LogP contribution in [0.3, 0.4) is 0 Å². The smallest absolute Gasteiger partial charge is 0.231 e. The molecule has 1 N–H and O–H groups in total. The van der Waals surface area contributed by atoms with E-state index in [-0.39, 0.29) is 5.28 Å². The van der Waals surface area contributed by atoms with Crippen molar-refractivity contribution in [2.45, 2.75) is 12.8 Å². The number of nitrogens with zero attached hydrogens (tertiary/aromatic N) is 4. The van der Waals surface area contributed by atoms with E-state index in [1.54, 1.807) is 7.05 Å². The molecule has 0 atom stereocenters. The van der Waals surface area contributed by atoms with Crippen molar-refractivity contribution in [2.24, 2.45) is 5.92 Å². The van der Waals surface area contributed by atoms with Gasteiger partial charge in [0.25, 0.3) is 0 Å². The number of halogens is 1. The molecule has 1 aromatic rings. The molecule has 18 heavy (non-hydrogen) atoms. The van der Waals surface area contributed by atoms with E-state index in [0.717, 1.165) is 32.6 Å². The predicted octanol–water partition coefficient (Wildman–Crippen LogP) is 1.43. The quantitative estimate of drug-likeness (QED) is 0.894. The van der Waals surface area contributed by atoms with Crippen molar-refractivity contribution in [1.82, 2.24) is 15.0 Å². The van der Waals surface area contributed by atoms with Crippen LogP contribution in [0.2, 0.25) is 5.28 Å². The fourth-order valence-electron chi connectivity index (χ4n) is 2.02. The number of ether oxygens (including phenoxy) is 1. The van der Waals surface area contributed by atoms with Gasteiger partial charge in [0.1, 0.15) is 0 Å². The van der Waals surface area contributed by atoms with Crippen molar-refractivity contribution in [3.8, 4) is 0 Å². The van der Waals surface area contributed by atoms with Gasteiger partial charge in [0.15, 0.2) is 0 Å². The Balaban J connectivity index is 2.02. The number of rotatable bonds is 4. The Morgan fingerprint density at radius 2 is 2.06 bits per heavy atom. The van der Waals surface area contributed by atoms with E-state index in [9.17, 15) is 0 Å². The minimum atomic E-state index is 0.211. The van der Waals surface area contributed by atoms with E-state index in [2.05, 4.69) is 20.3 Å². The average molecular weight is 272 g/mol. The molecule has 1 saturated heterocycles. The molecule has 0 saturated carbocycles. The highest BCUT2D eigenvalue weighted by Crippen LogP contribution is 2.19. The first-order valence-electron chi connectivity index (χ1n) is 6.07. The van der Waals surface area contributed by atoms with Gasteiger partial charge in [-0.3, -0.25) is 0 Å². The maximum Gasteiger partial charge on any atom is 0.231 e. The Morgan fingerprint density at radius 3 is 2.72 bits per heavy atom. The normalized spacial score (nSPS) is 16.6. The standard InChI is InChI=1S/C11H18ClN5O/c1-13-10-14-9(12)15-11(16-10)17(2)7-8-3-5-18-6-4-8/h8H,3-7H2,1-2H3,(H,13,14,15,16). The second kappa shape index (κ2) is 6.15. The van der Waals surface area contributed by atoms with Crippen LogP contribution in [-0.4, -0.2) is 48.8 Å². The monoisotopic (exact) mass is 271 g/mol. The lowest BCUT2D eigenvalue weighted by Gasteiger charge is -2.27. The summed E-state index contributed by atoms with van der Waals surface area (Å²) in [7, 11) is 3.73. The van der Waals surface area contributed by atoms with Gasteiger partial charge >= 0.3 is 0 Å². The third-order valence-corrected chi connectivity index (χ3v) is 3.20. The van der Waals surface area contributed by atoms with Gasteiger partial charge in [-0.1, -0.05) is 0 Å². The fraction of sp³-hybridized carbons (Fsp3) is 0.727. The molecular formula is C11H18ClN5O. The van der Waals surface area contributed by atoms with Gasteiger partial charge in [0.05, 0.1) is 0 Å². The van der Waals surface area contributed by atoms with Crippen LogP contribution in [0.4, 0.5) is 11.9 Å². The topological polar surface area (TPSA) is 63.2 Å². The molecule has 0 unspecified atom stereocenters. The van der Waals surface area contributed by atoms with E-state index in [4.69, 9.17) is 16.3 Å². The molecule has 2 rings (SSSR count). The Kier molecular flexibility index (Phi) is 4.54. The van der Waals surface area contributed by atoms with E-state index >= 15 is 0 Å². The molecule has 1 aliphatic rings. The lowest BCUT2D eigenvalue weighted by Crippen LogP contribution is -2.30. The Hall–Kier alpha value is -1.14. The second-order valence-electron chi connectivity index (χ2n) is 4.41. The summed E-state index contributed by atoms with van der Waals surface area (Å²) in [5.41, 5.74) is 0. The van der Waals surface area contributed by atoms with E-state index < -0.39 is 0 Å². The van der Waals surface area contributed by atoms with E-state index in [1.807, 2.05) is 11.9 Å². The van der Waals surface area contributed by atoms with Crippen LogP contribution in [0.5, 0.6) is 0 Å². The van der Waals surface area contributed by atoms with Gasteiger partial charge in [-0.25, -0.2) is 0 Å². The second-order valence-corrected chi connectivity index (χ2v) is 4.75. The van der Waals surface area contributed by atoms with Crippen molar-refractivity contribution < 1.29 is 4.74 Å². The molecule has 7 heteroatoms. The van der Waals surface area contributed by atoms with Gasteiger partial charge in [-0.2, -0.15) is 15.0 Å². The zero-order chi connectivity index (χ0) is 13.0. The Labute approximate surface area is 112 Å². The van der Waals surface area contributed by atoms with Crippen molar-refractivity contribution >= 4 is 23.5 Å². The largest absolute Gasteiger partial charge is 0.381 e. The maximum absolute atomic E-state index is 5.87. The van der Waals surface area contributed by atoms with Crippen molar-refractivity contribution in [2.75, 3.05) is 44.1 Å². The minimum Gasteiger partial charge on any atom is -0.381 e. The summed E-state index contributed by atoms with van der Waals surface area (Å²) in [5, 5.41) is 3.08. The summed E-state index contributed by atoms with van der Waals surface area (Å²) in [4.78, 5) is 14.4. The van der Waals surface area contributed by atoms with Crippen molar-refractivity contribution in [3.05, 3.63) is 5.28 Å². The number of hydrogen-bond donors (Lipinski definition) is 1. The van der Waals surface area contributed by atoms with Gasteiger partial charge < -0.3 is 15.0 Å². The summed E-state index contributed by atoms with van der Waals surface area (Å²) in [6.45, 7) is 2.60. The summed E-state index contributed by atoms with van der Waals surface area (Å²) in [6, 6.07) is 0. The first-order chi connectivity index (χ1) is 8.69. The van der Waals surface area contributed by atoms with Gasteiger partial charge in [-0.15, -0.1) is 0 Å². The zero-order valence-corrected chi connectivity index (χ0v) is 11.4. The zero-order valence-electron chi connectivity index (χ0n) is 10.7. The molecule has 2 heterocycles. The predicted molar refractivity (Wildman–Crippen MR) is 71.2 cm³/mol. The summed E-state index contributed by atoms with van der Waals surface area (Å²) >= 11 is 5.87. The molecule has 1 fully saturated rings. The lowest BCUT2D eigenvalue weighted by molar-refractivity contribution is 0.0684. The minimum absolute atomic E-state index is 0.211. The van der Waals surface area contributed by atoms with Crippen molar-refractivity contribution in [3.63, 3.8) is 0 Å². The van der Waals surface area contributed by atoms with Crippen LogP contribution < -0.4 is 10.2 Å². The van der Waals surface area contributed by atoms with Gasteiger partial charge in [0, 0.05) is 33.9 Å². The third-order valence-electron chi connectivity index (χ3n) is 3.03. The summed E-state index contributed by atoms with van der Waals surface area (Å²) < 4.78 is 5.35. The van der Waals surface area contributed by atoms with Gasteiger partial charge in [-0.05, 0) is 30.4 Å². The van der Waals surface area contributed by atoms with E-state index in [0.29, 0.717) is 17.8 Å². The highest BCUT2D eigenvalue weighted by molar-refractivity contribution is 6.28. The van der Waals surface area contributed by atoms with Crippen LogP contribution in [0.25, 0.3) is 0 Å². The molecule has 0 aliphatic carbocycles. The molecular weight excluding hydrogens is 254 g/mol. The number of nitrogens with one attached hydrogen (secondary N) is 1. The lowest BCUT2D eigenvalue weighted by atomic mass is 10.0. The van der Waals surface area contributed by atoms with E-state index in [1.165, 1.54) is 0 Å². The van der Waals surface area contributed by atoms with Crippen LogP contribution in [-0.2, 0) is 4.74 Å². The molecule has 0 radical (unpaired) electrons. The Bertz CT molecular complexity index is 397. The maximum atomic E-state index is 5.87. The number of anilines is 2. The van der Waals surface area contributed by atoms with Gasteiger partial charge in [0.2, 0.25) is 17.2 Å². The molecule has 100 valence electrons. The summed E-state index contributed by atoms with van der Waals surface area (Å²) in [6.07, 6.45) is 2.17. The summed E-state index contributed by atoms with van der Waals surface area (Å²) in [5.74, 6) is 1.71. The first kappa shape index (κ1) is 13.3. The molecule has 0 amide bonds. The molecule has 1 aliphatic heterocycles. The fourth-order valence-corrected chi connectivity index (χ4v) is 2.18. The third kappa shape index (κ3) is 3.43. The van der Waals surface area contributed by atoms with Crippen LogP contribution in [0.1, 0.15) is 12.8 Å². The van der Waals surface area contributed by atoms with Crippen LogP contribution in [0.15, 0.2) is 0 Å². The molecule has 0 aromatic carbocycles. The highest BCUT2D eigenvalue weighted by Gasteiger charge is 2.17. The Morgan fingerprint density at radius 1 is 1.33 bits per heavy atom.